The molecule has 0 radical (unpaired) electrons. The number of nitrogens with zero attached hydrogens (tertiary/aromatic N) is 3. The van der Waals surface area contributed by atoms with E-state index in [1.807, 2.05) is 0 Å². The van der Waals surface area contributed by atoms with Gasteiger partial charge in [0, 0.05) is 12.5 Å². The maximum Gasteiger partial charge on any atom is 0.391 e. The Morgan fingerprint density at radius 1 is 1.10 bits per heavy atom. The van der Waals surface area contributed by atoms with Crippen molar-refractivity contribution in [2.24, 2.45) is 17.8 Å². The highest BCUT2D eigenvalue weighted by molar-refractivity contribution is 5.97. The smallest absolute Gasteiger partial charge is 0.327 e. The minimum Gasteiger partial charge on any atom is -0.327 e. The van der Waals surface area contributed by atoms with Gasteiger partial charge in [0.2, 0.25) is 11.8 Å². The molecule has 3 unspecified atom stereocenters. The zero-order chi connectivity index (χ0) is 22.3. The lowest BCUT2D eigenvalue weighted by Gasteiger charge is -2.50. The molecule has 1 saturated heterocycles. The van der Waals surface area contributed by atoms with Crippen molar-refractivity contribution in [3.63, 3.8) is 0 Å². The first-order valence-electron chi connectivity index (χ1n) is 10.7. The van der Waals surface area contributed by atoms with Crippen molar-refractivity contribution in [2.75, 3.05) is 13.1 Å². The molecule has 3 rings (SSSR count). The van der Waals surface area contributed by atoms with Crippen LogP contribution in [0.2, 0.25) is 0 Å². The predicted octanol–water partition coefficient (Wildman–Crippen LogP) is 3.83. The highest BCUT2D eigenvalue weighted by atomic mass is 19.4. The number of carbonyl (C=O) groups excluding carboxylic acids is 2. The monoisotopic (exact) mass is 431 g/mol. The van der Waals surface area contributed by atoms with Gasteiger partial charge in [0.25, 0.3) is 0 Å². The normalized spacial score (nSPS) is 35.3. The lowest BCUT2D eigenvalue weighted by molar-refractivity contribution is -0.185. The van der Waals surface area contributed by atoms with Crippen molar-refractivity contribution in [1.82, 2.24) is 9.80 Å². The Kier molecular flexibility index (Phi) is 6.35. The van der Waals surface area contributed by atoms with Crippen molar-refractivity contribution >= 4 is 11.8 Å². The first-order chi connectivity index (χ1) is 13.9. The van der Waals surface area contributed by atoms with Crippen molar-refractivity contribution in [3.05, 3.63) is 0 Å². The van der Waals surface area contributed by atoms with Crippen LogP contribution in [0.4, 0.5) is 17.6 Å². The van der Waals surface area contributed by atoms with Gasteiger partial charge in [-0.3, -0.25) is 9.59 Å². The van der Waals surface area contributed by atoms with E-state index >= 15 is 0 Å². The fourth-order valence-electron chi connectivity index (χ4n) is 5.18. The van der Waals surface area contributed by atoms with Crippen LogP contribution in [0, 0.1) is 29.1 Å². The van der Waals surface area contributed by atoms with E-state index in [-0.39, 0.29) is 56.0 Å². The molecule has 3 aliphatic rings. The molecule has 2 amide bonds. The summed E-state index contributed by atoms with van der Waals surface area (Å²) >= 11 is 0. The Morgan fingerprint density at radius 2 is 1.73 bits per heavy atom. The number of halogens is 4. The highest BCUT2D eigenvalue weighted by Gasteiger charge is 2.50. The molecule has 5 nitrogen and oxygen atoms in total. The quantitative estimate of drug-likeness (QED) is 0.638. The third-order valence-electron chi connectivity index (χ3n) is 7.14. The number of carbonyl (C=O) groups is 2. The minimum atomic E-state index is -4.19. The van der Waals surface area contributed by atoms with Crippen LogP contribution >= 0.6 is 0 Å². The van der Waals surface area contributed by atoms with E-state index in [1.165, 1.54) is 9.80 Å². The molecule has 0 aromatic rings. The van der Waals surface area contributed by atoms with Gasteiger partial charge in [-0.15, -0.1) is 0 Å². The highest BCUT2D eigenvalue weighted by Crippen LogP contribution is 2.41. The topological polar surface area (TPSA) is 64.4 Å². The van der Waals surface area contributed by atoms with Gasteiger partial charge in [-0.25, -0.2) is 4.39 Å². The molecule has 0 N–H and O–H groups in total. The fraction of sp³-hybridized carbons (Fsp3) is 0.857. The second kappa shape index (κ2) is 8.35. The molecule has 0 aromatic heterocycles. The van der Waals surface area contributed by atoms with E-state index in [4.69, 9.17) is 5.26 Å². The number of alkyl halides is 4. The van der Waals surface area contributed by atoms with Gasteiger partial charge in [-0.2, -0.15) is 18.4 Å². The second-order valence-corrected chi connectivity index (χ2v) is 9.48. The van der Waals surface area contributed by atoms with Crippen LogP contribution in [0.25, 0.3) is 0 Å². The fourth-order valence-corrected chi connectivity index (χ4v) is 5.18. The van der Waals surface area contributed by atoms with E-state index in [0.29, 0.717) is 25.7 Å². The molecule has 30 heavy (non-hydrogen) atoms. The Hall–Kier alpha value is -1.85. The van der Waals surface area contributed by atoms with Crippen LogP contribution in [0.3, 0.4) is 0 Å². The third kappa shape index (κ3) is 4.42. The molecule has 3 atom stereocenters. The third-order valence-corrected chi connectivity index (χ3v) is 7.14. The van der Waals surface area contributed by atoms with Crippen LogP contribution in [0.1, 0.15) is 58.8 Å². The summed E-state index contributed by atoms with van der Waals surface area (Å²) in [6.45, 7) is 3.27. The van der Waals surface area contributed by atoms with E-state index in [1.54, 1.807) is 13.8 Å². The molecule has 1 heterocycles. The molecule has 0 spiro atoms. The van der Waals surface area contributed by atoms with Crippen LogP contribution in [-0.4, -0.2) is 58.6 Å². The molecule has 2 saturated carbocycles. The van der Waals surface area contributed by atoms with Gasteiger partial charge >= 0.3 is 6.18 Å². The lowest BCUT2D eigenvalue weighted by Crippen LogP contribution is -2.69. The number of piperazine rings is 1. The second-order valence-electron chi connectivity index (χ2n) is 9.48. The maximum absolute atomic E-state index is 14.7. The number of rotatable bonds is 3. The zero-order valence-electron chi connectivity index (χ0n) is 17.4. The van der Waals surface area contributed by atoms with Crippen molar-refractivity contribution < 1.29 is 27.2 Å². The van der Waals surface area contributed by atoms with Crippen molar-refractivity contribution in [3.8, 4) is 6.07 Å². The summed E-state index contributed by atoms with van der Waals surface area (Å²) in [4.78, 5) is 28.9. The summed E-state index contributed by atoms with van der Waals surface area (Å²) in [6.07, 6.45) is -3.81. The Morgan fingerprint density at radius 3 is 2.27 bits per heavy atom. The number of hydrogen-bond acceptors (Lipinski definition) is 3. The molecule has 3 fully saturated rings. The number of amides is 2. The van der Waals surface area contributed by atoms with Crippen LogP contribution in [-0.2, 0) is 9.59 Å². The maximum atomic E-state index is 14.7. The predicted molar refractivity (Wildman–Crippen MR) is 101 cm³/mol. The van der Waals surface area contributed by atoms with E-state index in [9.17, 15) is 27.2 Å². The van der Waals surface area contributed by atoms with Gasteiger partial charge in [-0.05, 0) is 64.7 Å². The van der Waals surface area contributed by atoms with Crippen molar-refractivity contribution in [2.45, 2.75) is 82.7 Å². The summed E-state index contributed by atoms with van der Waals surface area (Å²) in [7, 11) is 0. The lowest BCUT2D eigenvalue weighted by atomic mass is 9.80. The van der Waals surface area contributed by atoms with E-state index < -0.39 is 29.8 Å². The van der Waals surface area contributed by atoms with Gasteiger partial charge in [0.05, 0.1) is 18.0 Å². The Labute approximate surface area is 174 Å². The van der Waals surface area contributed by atoms with E-state index in [0.717, 1.165) is 0 Å². The molecule has 1 aliphatic heterocycles. The standard InChI is InChI=1S/C21H29F4N3O2/c1-20(2)19(30)27(17-8-5-14(10-26)9-16(17)22)12-18(29)28(20)11-13-3-6-15(7-4-13)21(23,24)25/h13-17H,3-9,11-12H2,1-2H3. The summed E-state index contributed by atoms with van der Waals surface area (Å²) in [5.74, 6) is -2.38. The molecule has 0 aromatic carbocycles. The number of hydrogen-bond donors (Lipinski definition) is 0. The largest absolute Gasteiger partial charge is 0.391 e. The minimum absolute atomic E-state index is 0.0440. The van der Waals surface area contributed by atoms with Crippen LogP contribution < -0.4 is 0 Å². The van der Waals surface area contributed by atoms with Gasteiger partial charge in [0.15, 0.2) is 0 Å². The Bertz CT molecular complexity index is 710. The average Bonchev–Trinajstić information content (AvgIpc) is 2.68. The number of nitriles is 1. The van der Waals surface area contributed by atoms with Gasteiger partial charge in [-0.1, -0.05) is 0 Å². The first-order valence-corrected chi connectivity index (χ1v) is 10.7. The van der Waals surface area contributed by atoms with Gasteiger partial charge < -0.3 is 9.80 Å². The zero-order valence-corrected chi connectivity index (χ0v) is 17.4. The molecular formula is C21H29F4N3O2. The molecule has 168 valence electrons. The first kappa shape index (κ1) is 22.8. The van der Waals surface area contributed by atoms with Gasteiger partial charge in [0.1, 0.15) is 18.3 Å². The van der Waals surface area contributed by atoms with Crippen LogP contribution in [0.15, 0.2) is 0 Å². The molecule has 9 heteroatoms. The summed E-state index contributed by atoms with van der Waals surface area (Å²) in [6, 6.07) is 1.36. The van der Waals surface area contributed by atoms with Crippen molar-refractivity contribution in [1.29, 1.82) is 5.26 Å². The van der Waals surface area contributed by atoms with Crippen LogP contribution in [0.5, 0.6) is 0 Å². The van der Waals surface area contributed by atoms with E-state index in [2.05, 4.69) is 6.07 Å². The SMILES string of the molecule is CC1(C)C(=O)N(C2CCC(C#N)CC2F)CC(=O)N1CC1CCC(C(F)(F)F)CC1. The molecule has 0 bridgehead atoms. The summed E-state index contributed by atoms with van der Waals surface area (Å²) < 4.78 is 53.4. The Balaban J connectivity index is 1.65. The molecular weight excluding hydrogens is 402 g/mol. The summed E-state index contributed by atoms with van der Waals surface area (Å²) in [5.41, 5.74) is -1.18. The average molecular weight is 431 g/mol. The molecule has 2 aliphatic carbocycles. The summed E-state index contributed by atoms with van der Waals surface area (Å²) in [5, 5.41) is 9.01.